The second-order valence-electron chi connectivity index (χ2n) is 8.39. The lowest BCUT2D eigenvalue weighted by molar-refractivity contribution is -0.120. The van der Waals surface area contributed by atoms with Crippen LogP contribution in [0.1, 0.15) is 32.2 Å². The molecule has 158 valence electrons. The molecule has 2 aromatic heterocycles. The molecule has 2 aliphatic rings. The Labute approximate surface area is 178 Å². The van der Waals surface area contributed by atoms with Gasteiger partial charge in [-0.3, -0.25) is 9.36 Å². The number of amides is 1. The number of carbonyl (C=O) groups excluding carboxylic acids is 1. The molecule has 5 rings (SSSR count). The van der Waals surface area contributed by atoms with Crippen LogP contribution in [-0.2, 0) is 14.6 Å². The summed E-state index contributed by atoms with van der Waals surface area (Å²) in [7, 11) is -3.07. The molecule has 2 N–H and O–H groups in total. The summed E-state index contributed by atoms with van der Waals surface area (Å²) in [6.07, 6.45) is 4.55. The van der Waals surface area contributed by atoms with E-state index in [2.05, 4.69) is 31.1 Å². The Morgan fingerprint density at radius 3 is 2.87 bits per heavy atom. The molecular formula is C20H23N5O3S2. The number of aromatic amines is 1. The molecule has 1 atom stereocenters. The van der Waals surface area contributed by atoms with Crippen LogP contribution >= 0.6 is 11.8 Å². The van der Waals surface area contributed by atoms with Gasteiger partial charge in [0.05, 0.1) is 22.8 Å². The molecule has 3 heterocycles. The van der Waals surface area contributed by atoms with Gasteiger partial charge in [0, 0.05) is 28.7 Å². The quantitative estimate of drug-likeness (QED) is 0.564. The van der Waals surface area contributed by atoms with Crippen LogP contribution in [0.2, 0.25) is 0 Å². The van der Waals surface area contributed by atoms with Crippen LogP contribution in [0.25, 0.3) is 22.3 Å². The van der Waals surface area contributed by atoms with Crippen molar-refractivity contribution in [3.05, 3.63) is 30.5 Å². The second kappa shape index (κ2) is 7.12. The number of hydrogen-bond donors (Lipinski definition) is 2. The molecule has 0 unspecified atom stereocenters. The predicted molar refractivity (Wildman–Crippen MR) is 116 cm³/mol. The summed E-state index contributed by atoms with van der Waals surface area (Å²) in [6.45, 7) is 1.79. The Balaban J connectivity index is 1.34. The minimum Gasteiger partial charge on any atom is -0.360 e. The van der Waals surface area contributed by atoms with Gasteiger partial charge in [-0.15, -0.1) is 10.2 Å². The largest absolute Gasteiger partial charge is 0.360 e. The topological polar surface area (TPSA) is 110 Å². The molecular weight excluding hydrogens is 422 g/mol. The van der Waals surface area contributed by atoms with Gasteiger partial charge >= 0.3 is 0 Å². The number of sulfone groups is 1. The van der Waals surface area contributed by atoms with Crippen LogP contribution < -0.4 is 5.32 Å². The zero-order valence-corrected chi connectivity index (χ0v) is 18.2. The molecule has 30 heavy (non-hydrogen) atoms. The number of para-hydroxylation sites is 1. The number of thioether (sulfide) groups is 1. The molecule has 0 spiro atoms. The summed E-state index contributed by atoms with van der Waals surface area (Å²) in [5, 5.41) is 13.5. The van der Waals surface area contributed by atoms with E-state index in [9.17, 15) is 13.2 Å². The van der Waals surface area contributed by atoms with Crippen molar-refractivity contribution in [1.29, 1.82) is 0 Å². The molecule has 1 saturated carbocycles. The maximum Gasteiger partial charge on any atom is 0.230 e. The van der Waals surface area contributed by atoms with E-state index in [0.717, 1.165) is 40.3 Å². The van der Waals surface area contributed by atoms with Crippen LogP contribution in [-0.4, -0.2) is 56.9 Å². The molecule has 0 radical (unpaired) electrons. The minimum atomic E-state index is -3.07. The fraction of sp³-hybridized carbons (Fsp3) is 0.450. The Kier molecular flexibility index (Phi) is 4.66. The van der Waals surface area contributed by atoms with E-state index in [1.807, 2.05) is 24.4 Å². The lowest BCUT2D eigenvalue weighted by Gasteiger charge is -2.23. The molecule has 1 aliphatic carbocycles. The summed E-state index contributed by atoms with van der Waals surface area (Å²) in [5.74, 6) is 0.930. The third-order valence-electron chi connectivity index (χ3n) is 5.68. The second-order valence-corrected chi connectivity index (χ2v) is 11.5. The number of fused-ring (bicyclic) bond motifs is 1. The average molecular weight is 446 g/mol. The van der Waals surface area contributed by atoms with Crippen LogP contribution in [0.3, 0.4) is 0 Å². The summed E-state index contributed by atoms with van der Waals surface area (Å²) < 4.78 is 25.7. The lowest BCUT2D eigenvalue weighted by atomic mass is 10.0. The van der Waals surface area contributed by atoms with Gasteiger partial charge in [0.2, 0.25) is 5.91 Å². The Morgan fingerprint density at radius 2 is 2.13 bits per heavy atom. The van der Waals surface area contributed by atoms with Gasteiger partial charge in [0.1, 0.15) is 0 Å². The summed E-state index contributed by atoms with van der Waals surface area (Å²) in [6, 6.07) is 8.43. The molecule has 0 bridgehead atoms. The smallest absolute Gasteiger partial charge is 0.230 e. The highest BCUT2D eigenvalue weighted by atomic mass is 32.2. The van der Waals surface area contributed by atoms with Gasteiger partial charge in [-0.05, 0) is 32.3 Å². The molecule has 1 aliphatic heterocycles. The molecule has 1 aromatic carbocycles. The van der Waals surface area contributed by atoms with Crippen molar-refractivity contribution in [2.24, 2.45) is 0 Å². The predicted octanol–water partition coefficient (Wildman–Crippen LogP) is 2.55. The number of nitrogens with zero attached hydrogens (tertiary/aromatic N) is 3. The van der Waals surface area contributed by atoms with Gasteiger partial charge < -0.3 is 10.3 Å². The first kappa shape index (κ1) is 19.6. The van der Waals surface area contributed by atoms with E-state index in [1.54, 1.807) is 6.92 Å². The van der Waals surface area contributed by atoms with E-state index in [0.29, 0.717) is 12.5 Å². The SMILES string of the molecule is C[C@]1(NC(=O)CSc2nnc(-c3c[nH]c4ccccc34)n2C2CC2)CCS(=O)(=O)C1. The highest BCUT2D eigenvalue weighted by Crippen LogP contribution is 2.42. The summed E-state index contributed by atoms with van der Waals surface area (Å²) in [4.78, 5) is 15.8. The van der Waals surface area contributed by atoms with E-state index in [4.69, 9.17) is 0 Å². The van der Waals surface area contributed by atoms with Gasteiger partial charge in [-0.1, -0.05) is 30.0 Å². The van der Waals surface area contributed by atoms with E-state index in [1.165, 1.54) is 11.8 Å². The van der Waals surface area contributed by atoms with Crippen LogP contribution in [0.4, 0.5) is 0 Å². The maximum atomic E-state index is 12.5. The van der Waals surface area contributed by atoms with Gasteiger partial charge in [0.15, 0.2) is 20.8 Å². The van der Waals surface area contributed by atoms with Gasteiger partial charge in [-0.25, -0.2) is 8.42 Å². The number of carbonyl (C=O) groups is 1. The van der Waals surface area contributed by atoms with Crippen molar-refractivity contribution in [2.75, 3.05) is 17.3 Å². The Morgan fingerprint density at radius 1 is 1.33 bits per heavy atom. The molecule has 1 saturated heterocycles. The molecule has 2 fully saturated rings. The zero-order valence-electron chi connectivity index (χ0n) is 16.6. The average Bonchev–Trinajstić information content (AvgIpc) is 3.19. The van der Waals surface area contributed by atoms with Crippen LogP contribution in [0.15, 0.2) is 35.6 Å². The van der Waals surface area contributed by atoms with Crippen molar-refractivity contribution in [2.45, 2.75) is 42.9 Å². The zero-order chi connectivity index (χ0) is 20.9. The van der Waals surface area contributed by atoms with Crippen LogP contribution in [0, 0.1) is 0 Å². The third kappa shape index (κ3) is 3.74. The molecule has 8 nitrogen and oxygen atoms in total. The van der Waals surface area contributed by atoms with E-state index < -0.39 is 15.4 Å². The number of benzene rings is 1. The molecule has 1 amide bonds. The van der Waals surface area contributed by atoms with Gasteiger partial charge in [0.25, 0.3) is 0 Å². The fourth-order valence-corrected chi connectivity index (χ4v) is 6.99. The minimum absolute atomic E-state index is 0.000620. The number of hydrogen-bond acceptors (Lipinski definition) is 6. The van der Waals surface area contributed by atoms with E-state index in [-0.39, 0.29) is 23.2 Å². The van der Waals surface area contributed by atoms with Crippen molar-refractivity contribution in [3.8, 4) is 11.4 Å². The standard InChI is InChI=1S/C20H23N5O3S2/c1-20(8-9-30(27,28)12-20)22-17(26)11-29-19-24-23-18(25(19)13-6-7-13)15-10-21-16-5-3-2-4-14(15)16/h2-5,10,13,21H,6-9,11-12H2,1H3,(H,22,26)/t20-/m0/s1. The first-order chi connectivity index (χ1) is 14.3. The first-order valence-corrected chi connectivity index (χ1v) is 12.8. The maximum absolute atomic E-state index is 12.5. The number of aromatic nitrogens is 4. The molecule has 3 aromatic rings. The van der Waals surface area contributed by atoms with Crippen molar-refractivity contribution < 1.29 is 13.2 Å². The number of rotatable bonds is 6. The fourth-order valence-electron chi connectivity index (χ4n) is 4.09. The summed E-state index contributed by atoms with van der Waals surface area (Å²) >= 11 is 1.35. The number of nitrogens with one attached hydrogen (secondary N) is 2. The third-order valence-corrected chi connectivity index (χ3v) is 8.53. The van der Waals surface area contributed by atoms with E-state index >= 15 is 0 Å². The monoisotopic (exact) mass is 445 g/mol. The molecule has 10 heteroatoms. The number of H-pyrrole nitrogens is 1. The Bertz CT molecular complexity index is 1230. The Hall–Kier alpha value is -2.33. The summed E-state index contributed by atoms with van der Waals surface area (Å²) in [5.41, 5.74) is 1.37. The van der Waals surface area contributed by atoms with Crippen molar-refractivity contribution >= 4 is 38.4 Å². The van der Waals surface area contributed by atoms with Crippen molar-refractivity contribution in [3.63, 3.8) is 0 Å². The lowest BCUT2D eigenvalue weighted by Crippen LogP contribution is -2.47. The van der Waals surface area contributed by atoms with Crippen molar-refractivity contribution in [1.82, 2.24) is 25.1 Å². The normalized spacial score (nSPS) is 23.1. The highest BCUT2D eigenvalue weighted by Gasteiger charge is 2.39. The first-order valence-electron chi connectivity index (χ1n) is 9.99. The highest BCUT2D eigenvalue weighted by molar-refractivity contribution is 7.99. The van der Waals surface area contributed by atoms with Gasteiger partial charge in [-0.2, -0.15) is 0 Å². The van der Waals surface area contributed by atoms with Crippen LogP contribution in [0.5, 0.6) is 0 Å².